The molecule has 2 heterocycles. The smallest absolute Gasteiger partial charge is 0.340 e. The zero-order chi connectivity index (χ0) is 16.9. The van der Waals surface area contributed by atoms with Crippen LogP contribution >= 0.6 is 0 Å². The number of aromatic nitrogens is 1. The van der Waals surface area contributed by atoms with E-state index in [-0.39, 0.29) is 19.1 Å². The van der Waals surface area contributed by atoms with Crippen molar-refractivity contribution >= 4 is 17.6 Å². The van der Waals surface area contributed by atoms with Gasteiger partial charge < -0.3 is 14.8 Å². The first-order valence-corrected chi connectivity index (χ1v) is 7.78. The molecule has 124 valence electrons. The molecule has 0 unspecified atom stereocenters. The Bertz CT molecular complexity index is 773. The normalized spacial score (nSPS) is 13.0. The number of pyridine rings is 1. The highest BCUT2D eigenvalue weighted by molar-refractivity contribution is 5.94. The van der Waals surface area contributed by atoms with Crippen molar-refractivity contribution in [2.45, 2.75) is 19.8 Å². The van der Waals surface area contributed by atoms with Crippen molar-refractivity contribution in [3.8, 4) is 5.75 Å². The van der Waals surface area contributed by atoms with E-state index in [0.717, 1.165) is 11.3 Å². The van der Waals surface area contributed by atoms with Gasteiger partial charge in [0.05, 0.1) is 11.3 Å². The van der Waals surface area contributed by atoms with Crippen LogP contribution in [-0.4, -0.2) is 30.1 Å². The van der Waals surface area contributed by atoms with Gasteiger partial charge in [-0.15, -0.1) is 0 Å². The number of nitrogens with zero attached hydrogens (tertiary/aromatic N) is 1. The van der Waals surface area contributed by atoms with Gasteiger partial charge in [-0.1, -0.05) is 0 Å². The summed E-state index contributed by atoms with van der Waals surface area (Å²) in [6.45, 7) is 2.18. The zero-order valence-electron chi connectivity index (χ0n) is 13.4. The lowest BCUT2D eigenvalue weighted by Gasteiger charge is -2.17. The highest BCUT2D eigenvalue weighted by Crippen LogP contribution is 2.26. The van der Waals surface area contributed by atoms with Crippen LogP contribution in [0.3, 0.4) is 0 Å². The van der Waals surface area contributed by atoms with Gasteiger partial charge in [-0.3, -0.25) is 9.78 Å². The fourth-order valence-electron chi connectivity index (χ4n) is 2.52. The maximum absolute atomic E-state index is 11.9. The first-order chi connectivity index (χ1) is 11.6. The Hall–Kier alpha value is -2.89. The highest BCUT2D eigenvalue weighted by Gasteiger charge is 2.15. The zero-order valence-corrected chi connectivity index (χ0v) is 13.4. The van der Waals surface area contributed by atoms with Gasteiger partial charge in [-0.05, 0) is 49.2 Å². The quantitative estimate of drug-likeness (QED) is 0.675. The third-order valence-electron chi connectivity index (χ3n) is 3.78. The van der Waals surface area contributed by atoms with E-state index in [1.54, 1.807) is 31.3 Å². The van der Waals surface area contributed by atoms with Crippen molar-refractivity contribution in [2.24, 2.45) is 0 Å². The first kappa shape index (κ1) is 16.0. The number of ether oxygens (including phenoxy) is 2. The number of hydrogen-bond acceptors (Lipinski definition) is 5. The van der Waals surface area contributed by atoms with E-state index >= 15 is 0 Å². The van der Waals surface area contributed by atoms with Gasteiger partial charge in [0, 0.05) is 18.3 Å². The predicted octanol–water partition coefficient (Wildman–Crippen LogP) is 2.51. The van der Waals surface area contributed by atoms with E-state index in [0.29, 0.717) is 29.8 Å². The molecule has 0 aliphatic carbocycles. The molecule has 0 atom stereocenters. The average Bonchev–Trinajstić information content (AvgIpc) is 2.59. The van der Waals surface area contributed by atoms with Crippen molar-refractivity contribution in [1.29, 1.82) is 0 Å². The number of nitrogens with one attached hydrogen (secondary N) is 1. The van der Waals surface area contributed by atoms with Crippen LogP contribution in [0.25, 0.3) is 0 Å². The second-order valence-corrected chi connectivity index (χ2v) is 5.49. The fraction of sp³-hybridized carbons (Fsp3) is 0.278. The molecular weight excluding hydrogens is 308 g/mol. The molecule has 1 aromatic heterocycles. The molecule has 0 saturated carbocycles. The van der Waals surface area contributed by atoms with Crippen LogP contribution in [0.2, 0.25) is 0 Å². The lowest BCUT2D eigenvalue weighted by Crippen LogP contribution is -2.19. The number of rotatable bonds is 5. The molecule has 0 spiro atoms. The van der Waals surface area contributed by atoms with Gasteiger partial charge in [0.2, 0.25) is 5.91 Å². The van der Waals surface area contributed by atoms with Gasteiger partial charge >= 0.3 is 5.97 Å². The molecule has 2 aromatic rings. The van der Waals surface area contributed by atoms with Gasteiger partial charge in [-0.2, -0.15) is 0 Å². The fourth-order valence-corrected chi connectivity index (χ4v) is 2.52. The van der Waals surface area contributed by atoms with Crippen LogP contribution in [-0.2, 0) is 16.0 Å². The van der Waals surface area contributed by atoms with E-state index in [1.807, 2.05) is 12.1 Å². The maximum Gasteiger partial charge on any atom is 0.340 e. The molecule has 0 fully saturated rings. The number of hydrogen-bond donors (Lipinski definition) is 1. The van der Waals surface area contributed by atoms with E-state index in [1.165, 1.54) is 0 Å². The van der Waals surface area contributed by atoms with E-state index in [9.17, 15) is 9.59 Å². The van der Waals surface area contributed by atoms with Crippen LogP contribution in [0.15, 0.2) is 36.5 Å². The molecule has 0 saturated heterocycles. The molecule has 1 aliphatic heterocycles. The van der Waals surface area contributed by atoms with Crippen molar-refractivity contribution in [3.63, 3.8) is 0 Å². The van der Waals surface area contributed by atoms with Crippen LogP contribution in [0, 0.1) is 6.92 Å². The molecule has 6 nitrogen and oxygen atoms in total. The predicted molar refractivity (Wildman–Crippen MR) is 88.1 cm³/mol. The Kier molecular flexibility index (Phi) is 4.74. The first-order valence-electron chi connectivity index (χ1n) is 7.78. The number of amides is 1. The van der Waals surface area contributed by atoms with Gasteiger partial charge in [-0.25, -0.2) is 4.79 Å². The summed E-state index contributed by atoms with van der Waals surface area (Å²) in [4.78, 5) is 27.3. The Morgan fingerprint density at radius 1 is 1.25 bits per heavy atom. The maximum atomic E-state index is 11.9. The van der Waals surface area contributed by atoms with E-state index in [2.05, 4.69) is 10.3 Å². The summed E-state index contributed by atoms with van der Waals surface area (Å²) >= 11 is 0. The lowest BCUT2D eigenvalue weighted by molar-refractivity contribution is -0.116. The molecule has 3 rings (SSSR count). The summed E-state index contributed by atoms with van der Waals surface area (Å²) in [5, 5.41) is 2.82. The van der Waals surface area contributed by atoms with Gasteiger partial charge in [0.1, 0.15) is 19.0 Å². The van der Waals surface area contributed by atoms with Crippen molar-refractivity contribution in [1.82, 2.24) is 4.98 Å². The van der Waals surface area contributed by atoms with Crippen LogP contribution in [0.4, 0.5) is 5.69 Å². The monoisotopic (exact) mass is 326 g/mol. The number of anilines is 1. The minimum absolute atomic E-state index is 0.0359. The second kappa shape index (κ2) is 7.12. The van der Waals surface area contributed by atoms with Crippen LogP contribution in [0.1, 0.15) is 28.0 Å². The molecule has 0 bridgehead atoms. The molecule has 6 heteroatoms. The van der Waals surface area contributed by atoms with E-state index in [4.69, 9.17) is 9.47 Å². The molecule has 1 N–H and O–H groups in total. The highest BCUT2D eigenvalue weighted by atomic mass is 16.6. The minimum Gasteiger partial charge on any atom is -0.490 e. The SMILES string of the molecule is Cc1ncccc1C(=O)OCCOc1ccc2c(c1)CCC(=O)N2. The standard InChI is InChI=1S/C18H18N2O4/c1-12-15(3-2-8-19-12)18(22)24-10-9-23-14-5-6-16-13(11-14)4-7-17(21)20-16/h2-3,5-6,8,11H,4,7,9-10H2,1H3,(H,20,21). The topological polar surface area (TPSA) is 77.5 Å². The molecular formula is C18H18N2O4. The Morgan fingerprint density at radius 2 is 2.12 bits per heavy atom. The summed E-state index contributed by atoms with van der Waals surface area (Å²) in [6, 6.07) is 8.90. The molecule has 1 aliphatic rings. The third-order valence-corrected chi connectivity index (χ3v) is 3.78. The Balaban J connectivity index is 1.49. The van der Waals surface area contributed by atoms with Gasteiger partial charge in [0.25, 0.3) is 0 Å². The Labute approximate surface area is 139 Å². The van der Waals surface area contributed by atoms with Crippen LogP contribution in [0.5, 0.6) is 5.75 Å². The number of aryl methyl sites for hydroxylation is 2. The minimum atomic E-state index is -0.405. The van der Waals surface area contributed by atoms with Crippen molar-refractivity contribution in [3.05, 3.63) is 53.3 Å². The van der Waals surface area contributed by atoms with Crippen molar-refractivity contribution in [2.75, 3.05) is 18.5 Å². The number of benzene rings is 1. The Morgan fingerprint density at radius 3 is 2.96 bits per heavy atom. The summed E-state index contributed by atoms with van der Waals surface area (Å²) in [7, 11) is 0. The molecule has 1 amide bonds. The second-order valence-electron chi connectivity index (χ2n) is 5.49. The third kappa shape index (κ3) is 3.71. The number of fused-ring (bicyclic) bond motifs is 1. The summed E-state index contributed by atoms with van der Waals surface area (Å²) in [5.74, 6) is 0.324. The summed E-state index contributed by atoms with van der Waals surface area (Å²) in [6.07, 6.45) is 2.82. The van der Waals surface area contributed by atoms with E-state index < -0.39 is 5.97 Å². The van der Waals surface area contributed by atoms with Crippen LogP contribution < -0.4 is 10.1 Å². The molecule has 0 radical (unpaired) electrons. The number of carbonyl (C=O) groups excluding carboxylic acids is 2. The molecule has 1 aromatic carbocycles. The summed E-state index contributed by atoms with van der Waals surface area (Å²) < 4.78 is 10.8. The largest absolute Gasteiger partial charge is 0.490 e. The average molecular weight is 326 g/mol. The number of esters is 1. The lowest BCUT2D eigenvalue weighted by atomic mass is 10.0. The summed E-state index contributed by atoms with van der Waals surface area (Å²) in [5.41, 5.74) is 2.98. The molecule has 24 heavy (non-hydrogen) atoms. The van der Waals surface area contributed by atoms with Crippen molar-refractivity contribution < 1.29 is 19.1 Å². The van der Waals surface area contributed by atoms with Gasteiger partial charge in [0.15, 0.2) is 0 Å². The number of carbonyl (C=O) groups is 2.